The number of nitrogens with zero attached hydrogens (tertiary/aromatic N) is 4. The first-order chi connectivity index (χ1) is 10.8. The van der Waals surface area contributed by atoms with E-state index in [0.717, 1.165) is 37.2 Å². The third kappa shape index (κ3) is 2.63. The highest BCUT2D eigenvalue weighted by Gasteiger charge is 2.25. The molecule has 118 valence electrons. The smallest absolute Gasteiger partial charge is 0.160 e. The predicted octanol–water partition coefficient (Wildman–Crippen LogP) is 1.99. The molecule has 22 heavy (non-hydrogen) atoms. The van der Waals surface area contributed by atoms with Gasteiger partial charge in [0.25, 0.3) is 0 Å². The van der Waals surface area contributed by atoms with Gasteiger partial charge in [0.15, 0.2) is 5.65 Å². The van der Waals surface area contributed by atoms with Crippen LogP contribution in [0.15, 0.2) is 18.3 Å². The molecule has 2 aliphatic rings. The Balaban J connectivity index is 1.69. The number of nitrogens with one attached hydrogen (secondary N) is 1. The Kier molecular flexibility index (Phi) is 3.84. The first kappa shape index (κ1) is 14.2. The van der Waals surface area contributed by atoms with E-state index in [2.05, 4.69) is 32.9 Å². The zero-order valence-corrected chi connectivity index (χ0v) is 13.3. The molecular weight excluding hydrogens is 274 g/mol. The molecule has 1 unspecified atom stereocenters. The fourth-order valence-electron chi connectivity index (χ4n) is 3.91. The number of fused-ring (bicyclic) bond motifs is 1. The molecule has 5 nitrogen and oxygen atoms in total. The molecule has 0 saturated carbocycles. The summed E-state index contributed by atoms with van der Waals surface area (Å²) in [7, 11) is 2.21. The fraction of sp³-hybridized carbons (Fsp3) is 0.647. The fourth-order valence-corrected chi connectivity index (χ4v) is 3.91. The van der Waals surface area contributed by atoms with Gasteiger partial charge in [0.2, 0.25) is 0 Å². The number of piperidine rings is 1. The van der Waals surface area contributed by atoms with E-state index >= 15 is 0 Å². The van der Waals surface area contributed by atoms with Gasteiger partial charge in [-0.05, 0) is 64.5 Å². The van der Waals surface area contributed by atoms with Crippen molar-refractivity contribution in [3.05, 3.63) is 24.2 Å². The van der Waals surface area contributed by atoms with Crippen LogP contribution in [0.4, 0.5) is 0 Å². The van der Waals surface area contributed by atoms with E-state index in [1.807, 2.05) is 12.3 Å². The molecular formula is C17H25N5. The summed E-state index contributed by atoms with van der Waals surface area (Å²) in [4.78, 5) is 12.0. The van der Waals surface area contributed by atoms with Crippen LogP contribution in [0.3, 0.4) is 0 Å². The van der Waals surface area contributed by atoms with Gasteiger partial charge >= 0.3 is 0 Å². The molecule has 5 heteroatoms. The van der Waals surface area contributed by atoms with Crippen molar-refractivity contribution in [1.29, 1.82) is 0 Å². The lowest BCUT2D eigenvalue weighted by Crippen LogP contribution is -2.33. The molecule has 4 rings (SSSR count). The molecule has 1 N–H and O–H groups in total. The van der Waals surface area contributed by atoms with Crippen molar-refractivity contribution < 1.29 is 0 Å². The van der Waals surface area contributed by atoms with Crippen molar-refractivity contribution in [2.45, 2.75) is 44.2 Å². The Bertz CT molecular complexity index is 636. The Labute approximate surface area is 131 Å². The lowest BCUT2D eigenvalue weighted by molar-refractivity contribution is 0.220. The van der Waals surface area contributed by atoms with Gasteiger partial charge in [-0.2, -0.15) is 0 Å². The van der Waals surface area contributed by atoms with E-state index in [9.17, 15) is 0 Å². The number of hydrogen-bond donors (Lipinski definition) is 1. The van der Waals surface area contributed by atoms with Crippen molar-refractivity contribution in [2.75, 3.05) is 26.7 Å². The molecule has 0 aromatic carbocycles. The molecule has 0 bridgehead atoms. The second kappa shape index (κ2) is 5.97. The lowest BCUT2D eigenvalue weighted by atomic mass is 10.0. The Morgan fingerprint density at radius 3 is 2.91 bits per heavy atom. The molecule has 2 aromatic rings. The third-order valence-corrected chi connectivity index (χ3v) is 5.17. The second-order valence-electron chi connectivity index (χ2n) is 6.78. The first-order valence-corrected chi connectivity index (χ1v) is 8.55. The zero-order chi connectivity index (χ0) is 14.9. The van der Waals surface area contributed by atoms with Crippen molar-refractivity contribution in [2.24, 2.45) is 0 Å². The maximum Gasteiger partial charge on any atom is 0.160 e. The minimum Gasteiger partial charge on any atom is -0.314 e. The molecule has 0 spiro atoms. The van der Waals surface area contributed by atoms with E-state index in [0.29, 0.717) is 12.1 Å². The van der Waals surface area contributed by atoms with Gasteiger partial charge in [0, 0.05) is 24.7 Å². The van der Waals surface area contributed by atoms with Crippen LogP contribution in [-0.2, 0) is 6.42 Å². The van der Waals surface area contributed by atoms with Crippen molar-refractivity contribution >= 4 is 11.2 Å². The summed E-state index contributed by atoms with van der Waals surface area (Å²) in [6.07, 6.45) is 7.88. The van der Waals surface area contributed by atoms with Gasteiger partial charge < -0.3 is 14.8 Å². The molecule has 0 amide bonds. The maximum absolute atomic E-state index is 4.92. The normalized spacial score (nSPS) is 24.3. The Hall–Kier alpha value is -1.46. The van der Waals surface area contributed by atoms with Gasteiger partial charge in [-0.25, -0.2) is 9.97 Å². The highest BCUT2D eigenvalue weighted by Crippen LogP contribution is 2.28. The van der Waals surface area contributed by atoms with Crippen LogP contribution in [0.5, 0.6) is 0 Å². The topological polar surface area (TPSA) is 46.0 Å². The van der Waals surface area contributed by atoms with Crippen molar-refractivity contribution in [3.63, 3.8) is 0 Å². The van der Waals surface area contributed by atoms with Crippen molar-refractivity contribution in [3.8, 4) is 0 Å². The van der Waals surface area contributed by atoms with Crippen LogP contribution in [0.25, 0.3) is 11.2 Å². The summed E-state index contributed by atoms with van der Waals surface area (Å²) in [5, 5.41) is 3.60. The van der Waals surface area contributed by atoms with E-state index < -0.39 is 0 Å². The standard InChI is InChI=1S/C17H25N5/c1-21-10-6-14(7-11-21)22-16(12-13-4-2-8-18-13)20-15-5-3-9-19-17(15)22/h3,5,9,13-14,18H,2,4,6-8,10-12H2,1H3. The van der Waals surface area contributed by atoms with E-state index in [1.54, 1.807) is 0 Å². The number of pyridine rings is 1. The van der Waals surface area contributed by atoms with Gasteiger partial charge in [-0.15, -0.1) is 0 Å². The predicted molar refractivity (Wildman–Crippen MR) is 88.0 cm³/mol. The average Bonchev–Trinajstić information content (AvgIpc) is 3.16. The number of imidazole rings is 1. The summed E-state index contributed by atoms with van der Waals surface area (Å²) >= 11 is 0. The van der Waals surface area contributed by atoms with Crippen LogP contribution in [-0.4, -0.2) is 52.2 Å². The monoisotopic (exact) mass is 299 g/mol. The van der Waals surface area contributed by atoms with E-state index in [1.165, 1.54) is 31.5 Å². The summed E-state index contributed by atoms with van der Waals surface area (Å²) in [5.41, 5.74) is 2.12. The largest absolute Gasteiger partial charge is 0.314 e. The number of rotatable bonds is 3. The van der Waals surface area contributed by atoms with Crippen LogP contribution in [0.1, 0.15) is 37.5 Å². The van der Waals surface area contributed by atoms with Gasteiger partial charge in [-0.1, -0.05) is 0 Å². The van der Waals surface area contributed by atoms with Crippen molar-refractivity contribution in [1.82, 2.24) is 24.8 Å². The Morgan fingerprint density at radius 1 is 1.27 bits per heavy atom. The highest BCUT2D eigenvalue weighted by molar-refractivity contribution is 5.71. The van der Waals surface area contributed by atoms with Crippen LogP contribution < -0.4 is 5.32 Å². The molecule has 1 atom stereocenters. The third-order valence-electron chi connectivity index (χ3n) is 5.17. The van der Waals surface area contributed by atoms with E-state index in [-0.39, 0.29) is 0 Å². The SMILES string of the molecule is CN1CCC(n2c(CC3CCCN3)nc3cccnc32)CC1. The molecule has 0 aliphatic carbocycles. The van der Waals surface area contributed by atoms with Crippen LogP contribution >= 0.6 is 0 Å². The molecule has 2 saturated heterocycles. The number of hydrogen-bond acceptors (Lipinski definition) is 4. The van der Waals surface area contributed by atoms with Gasteiger partial charge in [0.1, 0.15) is 11.3 Å². The molecule has 2 aliphatic heterocycles. The molecule has 0 radical (unpaired) electrons. The summed E-state index contributed by atoms with van der Waals surface area (Å²) < 4.78 is 2.45. The molecule has 2 aromatic heterocycles. The zero-order valence-electron chi connectivity index (χ0n) is 13.3. The number of likely N-dealkylation sites (tertiary alicyclic amines) is 1. The van der Waals surface area contributed by atoms with E-state index in [4.69, 9.17) is 4.98 Å². The minimum absolute atomic E-state index is 0.549. The van der Waals surface area contributed by atoms with Gasteiger partial charge in [0.05, 0.1) is 0 Å². The number of aromatic nitrogens is 3. The van der Waals surface area contributed by atoms with Gasteiger partial charge in [-0.3, -0.25) is 0 Å². The first-order valence-electron chi connectivity index (χ1n) is 8.55. The summed E-state index contributed by atoms with van der Waals surface area (Å²) in [6, 6.07) is 5.22. The average molecular weight is 299 g/mol. The Morgan fingerprint density at radius 2 is 2.14 bits per heavy atom. The highest BCUT2D eigenvalue weighted by atomic mass is 15.2. The van der Waals surface area contributed by atoms with Crippen LogP contribution in [0, 0.1) is 0 Å². The quantitative estimate of drug-likeness (QED) is 0.941. The maximum atomic E-state index is 4.92. The lowest BCUT2D eigenvalue weighted by Gasteiger charge is -2.31. The summed E-state index contributed by atoms with van der Waals surface area (Å²) in [6.45, 7) is 3.48. The second-order valence-corrected chi connectivity index (χ2v) is 6.78. The summed E-state index contributed by atoms with van der Waals surface area (Å²) in [5.74, 6) is 1.22. The molecule has 2 fully saturated rings. The molecule has 4 heterocycles. The van der Waals surface area contributed by atoms with Crippen LogP contribution in [0.2, 0.25) is 0 Å². The minimum atomic E-state index is 0.549.